The molecule has 0 bridgehead atoms. The summed E-state index contributed by atoms with van der Waals surface area (Å²) in [6.45, 7) is 5.70. The summed E-state index contributed by atoms with van der Waals surface area (Å²) in [6.07, 6.45) is 0. The van der Waals surface area contributed by atoms with E-state index < -0.39 is 0 Å². The van der Waals surface area contributed by atoms with Crippen LogP contribution >= 0.6 is 0 Å². The van der Waals surface area contributed by atoms with Gasteiger partial charge in [-0.3, -0.25) is 14.0 Å². The van der Waals surface area contributed by atoms with Crippen LogP contribution in [0.2, 0.25) is 0 Å². The van der Waals surface area contributed by atoms with E-state index in [-0.39, 0.29) is 11.3 Å². The number of carbonyl (C=O) groups is 1. The highest BCUT2D eigenvalue weighted by Crippen LogP contribution is 2.17. The number of fused-ring (bicyclic) bond motifs is 1. The van der Waals surface area contributed by atoms with Crippen LogP contribution in [0.25, 0.3) is 5.65 Å². The van der Waals surface area contributed by atoms with Crippen molar-refractivity contribution < 1.29 is 4.79 Å². The molecule has 0 atom stereocenters. The predicted octanol–water partition coefficient (Wildman–Crippen LogP) is 2.78. The molecular formula is C17H16N2O2. The molecule has 1 aromatic carbocycles. The monoisotopic (exact) mass is 280 g/mol. The van der Waals surface area contributed by atoms with Gasteiger partial charge in [-0.2, -0.15) is 0 Å². The molecule has 2 heterocycles. The van der Waals surface area contributed by atoms with Crippen LogP contribution in [0.1, 0.15) is 32.9 Å². The minimum absolute atomic E-state index is 0.0857. The number of aromatic nitrogens is 2. The number of rotatable bonds is 2. The Morgan fingerprint density at radius 2 is 1.86 bits per heavy atom. The smallest absolute Gasteiger partial charge is 0.256 e. The minimum Gasteiger partial charge on any atom is -0.343 e. The van der Waals surface area contributed by atoms with Gasteiger partial charge in [0.1, 0.15) is 5.65 Å². The van der Waals surface area contributed by atoms with E-state index in [0.717, 1.165) is 17.0 Å². The van der Waals surface area contributed by atoms with Crippen LogP contribution in [0.3, 0.4) is 0 Å². The molecule has 106 valence electrons. The lowest BCUT2D eigenvalue weighted by molar-refractivity contribution is 0.103. The van der Waals surface area contributed by atoms with E-state index in [9.17, 15) is 9.59 Å². The summed E-state index contributed by atoms with van der Waals surface area (Å²) >= 11 is 0. The fraction of sp³-hybridized carbons (Fsp3) is 0.176. The fourth-order valence-corrected chi connectivity index (χ4v) is 2.56. The normalized spacial score (nSPS) is 11.0. The topological polar surface area (TPSA) is 54.3 Å². The summed E-state index contributed by atoms with van der Waals surface area (Å²) in [7, 11) is 0. The first kappa shape index (κ1) is 13.4. The largest absolute Gasteiger partial charge is 0.343 e. The number of hydrogen-bond donors (Lipinski definition) is 1. The second-order valence-corrected chi connectivity index (χ2v) is 5.30. The van der Waals surface area contributed by atoms with Crippen molar-refractivity contribution in [2.24, 2.45) is 0 Å². The third-order valence-corrected chi connectivity index (χ3v) is 3.80. The number of aryl methyl sites for hydroxylation is 3. The lowest BCUT2D eigenvalue weighted by atomic mass is 10.0. The van der Waals surface area contributed by atoms with Gasteiger partial charge in [0.15, 0.2) is 5.78 Å². The summed E-state index contributed by atoms with van der Waals surface area (Å²) in [4.78, 5) is 27.9. The summed E-state index contributed by atoms with van der Waals surface area (Å²) in [5.41, 5.74) is 4.31. The van der Waals surface area contributed by atoms with Crippen LogP contribution in [0.4, 0.5) is 0 Å². The van der Waals surface area contributed by atoms with Crippen LogP contribution in [-0.4, -0.2) is 15.2 Å². The number of imidazole rings is 1. The van der Waals surface area contributed by atoms with Gasteiger partial charge in [0.05, 0.1) is 5.56 Å². The first-order chi connectivity index (χ1) is 9.99. The molecule has 0 saturated heterocycles. The maximum atomic E-state index is 12.7. The van der Waals surface area contributed by atoms with Crippen LogP contribution in [0, 0.1) is 20.8 Å². The van der Waals surface area contributed by atoms with Gasteiger partial charge in [0, 0.05) is 23.0 Å². The molecule has 3 rings (SSSR count). The predicted molar refractivity (Wildman–Crippen MR) is 82.1 cm³/mol. The molecule has 0 fully saturated rings. The fourth-order valence-electron chi connectivity index (χ4n) is 2.56. The van der Waals surface area contributed by atoms with Gasteiger partial charge in [0.2, 0.25) is 0 Å². The third-order valence-electron chi connectivity index (χ3n) is 3.80. The number of aromatic amines is 1. The first-order valence-electron chi connectivity index (χ1n) is 6.81. The zero-order chi connectivity index (χ0) is 15.1. The molecule has 0 unspecified atom stereocenters. The maximum Gasteiger partial charge on any atom is 0.256 e. The molecule has 4 heteroatoms. The number of nitrogens with one attached hydrogen (secondary N) is 1. The zero-order valence-corrected chi connectivity index (χ0v) is 12.2. The van der Waals surface area contributed by atoms with E-state index in [4.69, 9.17) is 0 Å². The Bertz CT molecular complexity index is 916. The third kappa shape index (κ3) is 2.09. The molecule has 0 aliphatic carbocycles. The zero-order valence-electron chi connectivity index (χ0n) is 12.2. The summed E-state index contributed by atoms with van der Waals surface area (Å²) < 4.78 is 1.55. The number of H-pyrrole nitrogens is 1. The minimum atomic E-state index is -0.132. The standard InChI is InChI=1S/C17H16N2O2/c1-10-5-4-6-13(9-10)16(21)14-7-8-15(20)19-12(3)11(2)18-17(14)19/h4-9,18H,1-3H3. The van der Waals surface area contributed by atoms with E-state index >= 15 is 0 Å². The van der Waals surface area contributed by atoms with Gasteiger partial charge < -0.3 is 4.98 Å². The van der Waals surface area contributed by atoms with Crippen LogP contribution in [0.5, 0.6) is 0 Å². The summed E-state index contributed by atoms with van der Waals surface area (Å²) in [5, 5.41) is 0. The number of hydrogen-bond acceptors (Lipinski definition) is 2. The van der Waals surface area contributed by atoms with Crippen molar-refractivity contribution in [3.63, 3.8) is 0 Å². The Balaban J connectivity index is 2.26. The molecule has 0 saturated carbocycles. The maximum absolute atomic E-state index is 12.7. The van der Waals surface area contributed by atoms with Gasteiger partial charge in [-0.15, -0.1) is 0 Å². The van der Waals surface area contributed by atoms with Crippen molar-refractivity contribution in [1.29, 1.82) is 0 Å². The number of pyridine rings is 1. The molecule has 0 radical (unpaired) electrons. The van der Waals surface area contributed by atoms with Crippen molar-refractivity contribution in [3.8, 4) is 0 Å². The van der Waals surface area contributed by atoms with Crippen LogP contribution < -0.4 is 5.56 Å². The van der Waals surface area contributed by atoms with Crippen molar-refractivity contribution in [2.75, 3.05) is 0 Å². The quantitative estimate of drug-likeness (QED) is 0.734. The SMILES string of the molecule is Cc1cccc(C(=O)c2ccc(=O)n3c(C)c(C)[nH]c23)c1. The highest BCUT2D eigenvalue weighted by atomic mass is 16.1. The first-order valence-corrected chi connectivity index (χ1v) is 6.81. The average Bonchev–Trinajstić information content (AvgIpc) is 2.75. The van der Waals surface area contributed by atoms with Crippen molar-refractivity contribution in [2.45, 2.75) is 20.8 Å². The van der Waals surface area contributed by atoms with Crippen LogP contribution in [-0.2, 0) is 0 Å². The average molecular weight is 280 g/mol. The number of benzene rings is 1. The van der Waals surface area contributed by atoms with E-state index in [0.29, 0.717) is 16.8 Å². The van der Waals surface area contributed by atoms with Gasteiger partial charge in [-0.1, -0.05) is 23.8 Å². The van der Waals surface area contributed by atoms with Gasteiger partial charge >= 0.3 is 0 Å². The van der Waals surface area contributed by atoms with Gasteiger partial charge in [0.25, 0.3) is 5.56 Å². The molecule has 1 N–H and O–H groups in total. The van der Waals surface area contributed by atoms with Gasteiger partial charge in [-0.05, 0) is 32.9 Å². The Morgan fingerprint density at radius 1 is 1.10 bits per heavy atom. The molecule has 0 amide bonds. The van der Waals surface area contributed by atoms with E-state index in [1.807, 2.05) is 39.0 Å². The Kier molecular flexibility index (Phi) is 3.01. The summed E-state index contributed by atoms with van der Waals surface area (Å²) in [5.74, 6) is -0.0857. The highest BCUT2D eigenvalue weighted by Gasteiger charge is 2.17. The van der Waals surface area contributed by atoms with Crippen molar-refractivity contribution in [3.05, 3.63) is 74.8 Å². The summed E-state index contributed by atoms with van der Waals surface area (Å²) in [6, 6.07) is 10.5. The number of carbonyl (C=O) groups excluding carboxylic acids is 1. The highest BCUT2D eigenvalue weighted by molar-refractivity contribution is 6.12. The Hall–Kier alpha value is -2.62. The number of ketones is 1. The molecule has 21 heavy (non-hydrogen) atoms. The molecule has 0 spiro atoms. The van der Waals surface area contributed by atoms with Crippen LogP contribution in [0.15, 0.2) is 41.2 Å². The number of nitrogens with zero attached hydrogens (tertiary/aromatic N) is 1. The second kappa shape index (κ2) is 4.74. The van der Waals surface area contributed by atoms with Gasteiger partial charge in [-0.25, -0.2) is 0 Å². The Morgan fingerprint density at radius 3 is 2.57 bits per heavy atom. The van der Waals surface area contributed by atoms with E-state index in [2.05, 4.69) is 4.98 Å². The lowest BCUT2D eigenvalue weighted by Crippen LogP contribution is -2.15. The Labute approximate surface area is 122 Å². The molecule has 0 aliphatic rings. The molecule has 3 aromatic rings. The second-order valence-electron chi connectivity index (χ2n) is 5.30. The van der Waals surface area contributed by atoms with E-state index in [1.165, 1.54) is 6.07 Å². The molecule has 4 nitrogen and oxygen atoms in total. The molecule has 2 aromatic heterocycles. The lowest BCUT2D eigenvalue weighted by Gasteiger charge is -2.04. The van der Waals surface area contributed by atoms with E-state index in [1.54, 1.807) is 16.5 Å². The molecular weight excluding hydrogens is 264 g/mol. The molecule has 0 aliphatic heterocycles. The van der Waals surface area contributed by atoms with Crippen molar-refractivity contribution >= 4 is 11.4 Å². The van der Waals surface area contributed by atoms with Crippen molar-refractivity contribution in [1.82, 2.24) is 9.38 Å².